The maximum absolute atomic E-state index is 13.6. The van der Waals surface area contributed by atoms with Crippen molar-refractivity contribution in [1.29, 1.82) is 0 Å². The first-order valence-corrected chi connectivity index (χ1v) is 15.4. The number of nitrogens with zero attached hydrogens (tertiary/aromatic N) is 2. The highest BCUT2D eigenvalue weighted by Crippen LogP contribution is 2.32. The lowest BCUT2D eigenvalue weighted by molar-refractivity contribution is -0.200. The van der Waals surface area contributed by atoms with E-state index in [1.165, 1.54) is 13.2 Å². The largest absolute Gasteiger partial charge is 0.496 e. The minimum atomic E-state index is -2.55. The lowest BCUT2D eigenvalue weighted by atomic mass is 10.0. The minimum absolute atomic E-state index is 0.00737. The molecular formula is C34H41N5O8. The second-order valence-electron chi connectivity index (χ2n) is 12.4. The zero-order chi connectivity index (χ0) is 34.4. The number of primary amides is 1. The summed E-state index contributed by atoms with van der Waals surface area (Å²) in [6.45, 7) is 4.77. The molecule has 0 aliphatic carbocycles. The monoisotopic (exact) mass is 647 g/mol. The predicted octanol–water partition coefficient (Wildman–Crippen LogP) is 1.99. The van der Waals surface area contributed by atoms with Crippen molar-refractivity contribution < 1.29 is 38.6 Å². The molecule has 0 saturated carbocycles. The maximum atomic E-state index is 13.6. The van der Waals surface area contributed by atoms with Crippen molar-refractivity contribution in [3.8, 4) is 5.75 Å². The van der Waals surface area contributed by atoms with Crippen molar-refractivity contribution in [2.45, 2.75) is 76.3 Å². The van der Waals surface area contributed by atoms with E-state index in [1.807, 2.05) is 30.3 Å². The predicted molar refractivity (Wildman–Crippen MR) is 172 cm³/mol. The van der Waals surface area contributed by atoms with Gasteiger partial charge in [0.05, 0.1) is 25.1 Å². The van der Waals surface area contributed by atoms with Gasteiger partial charge in [0.1, 0.15) is 23.1 Å². The molecule has 47 heavy (non-hydrogen) atoms. The molecule has 2 aromatic carbocycles. The van der Waals surface area contributed by atoms with Crippen molar-refractivity contribution in [1.82, 2.24) is 20.5 Å². The molecule has 1 aliphatic heterocycles. The van der Waals surface area contributed by atoms with E-state index in [0.29, 0.717) is 29.5 Å². The molecule has 250 valence electrons. The highest BCUT2D eigenvalue weighted by Gasteiger charge is 2.58. The average Bonchev–Trinajstić information content (AvgIpc) is 3.36. The molecule has 0 bridgehead atoms. The SMILES string of the molecule is COc1cc(C(=O)N[C@@H](CC(N)=O)C(=O)N[C@H]2CCN(C(=O)CCCc3ccccc3)[C@@]2(O)C(=O)OC(C)(C)C)nc2ccccc12. The van der Waals surface area contributed by atoms with E-state index in [4.69, 9.17) is 15.2 Å². The van der Waals surface area contributed by atoms with Gasteiger partial charge in [-0.05, 0) is 57.7 Å². The molecule has 1 aliphatic rings. The van der Waals surface area contributed by atoms with Crippen molar-refractivity contribution in [3.05, 3.63) is 71.9 Å². The number of likely N-dealkylation sites (tertiary alicyclic amines) is 1. The lowest BCUT2D eigenvalue weighted by Gasteiger charge is -2.37. The van der Waals surface area contributed by atoms with Crippen molar-refractivity contribution in [3.63, 3.8) is 0 Å². The quantitative estimate of drug-likeness (QED) is 0.213. The van der Waals surface area contributed by atoms with Crippen LogP contribution in [0.25, 0.3) is 10.9 Å². The number of esters is 1. The molecule has 4 rings (SSSR count). The molecule has 13 nitrogen and oxygen atoms in total. The van der Waals surface area contributed by atoms with Gasteiger partial charge >= 0.3 is 5.97 Å². The first-order valence-electron chi connectivity index (χ1n) is 15.4. The molecular weight excluding hydrogens is 606 g/mol. The summed E-state index contributed by atoms with van der Waals surface area (Å²) in [5.74, 6) is -3.83. The van der Waals surface area contributed by atoms with E-state index in [0.717, 1.165) is 10.5 Å². The Hall–Kier alpha value is -5.04. The highest BCUT2D eigenvalue weighted by molar-refractivity contribution is 6.00. The number of amides is 4. The number of aryl methyl sites for hydroxylation is 1. The number of carbonyl (C=O) groups is 5. The number of hydrogen-bond donors (Lipinski definition) is 4. The number of carbonyl (C=O) groups excluding carboxylic acids is 5. The summed E-state index contributed by atoms with van der Waals surface area (Å²) >= 11 is 0. The molecule has 1 fully saturated rings. The van der Waals surface area contributed by atoms with E-state index in [-0.39, 0.29) is 25.1 Å². The van der Waals surface area contributed by atoms with Gasteiger partial charge in [0.2, 0.25) is 17.7 Å². The van der Waals surface area contributed by atoms with Gasteiger partial charge in [0.25, 0.3) is 11.6 Å². The van der Waals surface area contributed by atoms with Crippen LogP contribution in [0, 0.1) is 0 Å². The Balaban J connectivity index is 1.54. The number of aliphatic hydroxyl groups is 1. The van der Waals surface area contributed by atoms with Crippen LogP contribution in [-0.4, -0.2) is 81.7 Å². The van der Waals surface area contributed by atoms with Gasteiger partial charge in [-0.15, -0.1) is 0 Å². The zero-order valence-corrected chi connectivity index (χ0v) is 26.9. The van der Waals surface area contributed by atoms with E-state index in [9.17, 15) is 29.1 Å². The van der Waals surface area contributed by atoms with Crippen LogP contribution in [0.1, 0.15) is 62.5 Å². The fourth-order valence-corrected chi connectivity index (χ4v) is 5.48. The Bertz CT molecular complexity index is 1640. The summed E-state index contributed by atoms with van der Waals surface area (Å²) in [5.41, 5.74) is 3.25. The summed E-state index contributed by atoms with van der Waals surface area (Å²) in [6, 6.07) is 15.1. The molecule has 2 heterocycles. The van der Waals surface area contributed by atoms with E-state index in [2.05, 4.69) is 15.6 Å². The summed E-state index contributed by atoms with van der Waals surface area (Å²) < 4.78 is 10.9. The van der Waals surface area contributed by atoms with Crippen LogP contribution in [0.2, 0.25) is 0 Å². The summed E-state index contributed by atoms with van der Waals surface area (Å²) in [7, 11) is 1.44. The smallest absolute Gasteiger partial charge is 0.362 e. The number of ether oxygens (including phenoxy) is 2. The fraction of sp³-hybridized carbons (Fsp3) is 0.412. The van der Waals surface area contributed by atoms with Gasteiger partial charge in [-0.2, -0.15) is 0 Å². The molecule has 1 saturated heterocycles. The molecule has 0 radical (unpaired) electrons. The lowest BCUT2D eigenvalue weighted by Crippen LogP contribution is -2.65. The van der Waals surface area contributed by atoms with Gasteiger partial charge in [-0.1, -0.05) is 42.5 Å². The first kappa shape index (κ1) is 34.8. The zero-order valence-electron chi connectivity index (χ0n) is 26.9. The normalized spacial score (nSPS) is 18.3. The number of rotatable bonds is 12. The molecule has 0 unspecified atom stereocenters. The molecule has 3 aromatic rings. The van der Waals surface area contributed by atoms with E-state index in [1.54, 1.807) is 45.0 Å². The number of hydrogen-bond acceptors (Lipinski definition) is 9. The van der Waals surface area contributed by atoms with Crippen LogP contribution < -0.4 is 21.1 Å². The van der Waals surface area contributed by atoms with Crippen LogP contribution in [0.3, 0.4) is 0 Å². The fourth-order valence-electron chi connectivity index (χ4n) is 5.48. The number of fused-ring (bicyclic) bond motifs is 1. The van der Waals surface area contributed by atoms with Gasteiger partial charge < -0.3 is 35.8 Å². The number of pyridine rings is 1. The van der Waals surface area contributed by atoms with Crippen LogP contribution in [0.5, 0.6) is 5.75 Å². The van der Waals surface area contributed by atoms with Crippen molar-refractivity contribution >= 4 is 40.5 Å². The third-order valence-corrected chi connectivity index (χ3v) is 7.71. The number of nitrogens with two attached hydrogens (primary N) is 1. The number of aromatic nitrogens is 1. The van der Waals surface area contributed by atoms with Crippen LogP contribution >= 0.6 is 0 Å². The second kappa shape index (κ2) is 14.6. The van der Waals surface area contributed by atoms with Crippen molar-refractivity contribution in [2.75, 3.05) is 13.7 Å². The Morgan fingerprint density at radius 2 is 1.77 bits per heavy atom. The Kier molecular flexibility index (Phi) is 10.8. The average molecular weight is 648 g/mol. The maximum Gasteiger partial charge on any atom is 0.362 e. The molecule has 5 N–H and O–H groups in total. The number of benzene rings is 2. The first-order chi connectivity index (χ1) is 22.2. The molecule has 0 spiro atoms. The topological polar surface area (TPSA) is 190 Å². The van der Waals surface area contributed by atoms with Crippen LogP contribution in [0.4, 0.5) is 0 Å². The summed E-state index contributed by atoms with van der Waals surface area (Å²) in [6.07, 6.45) is 0.497. The van der Waals surface area contributed by atoms with Gasteiger partial charge in [-0.25, -0.2) is 9.78 Å². The molecule has 4 amide bonds. The Labute approximate surface area is 272 Å². The van der Waals surface area contributed by atoms with Gasteiger partial charge in [-0.3, -0.25) is 19.2 Å². The summed E-state index contributed by atoms with van der Waals surface area (Å²) in [5, 5.41) is 17.6. The van der Waals surface area contributed by atoms with Gasteiger partial charge in [0, 0.05) is 24.4 Å². The standard InChI is InChI=1S/C34H41N5O8/c1-33(2,3)47-32(44)34(45)27(17-18-39(34)29(41)16-10-13-21-11-6-5-7-12-21)38-31(43)25(20-28(35)40)37-30(42)24-19-26(46-4)22-14-8-9-15-23(22)36-24/h5-9,11-12,14-15,19,25,27,45H,10,13,16-18,20H2,1-4H3,(H2,35,40)(H,37,42)(H,38,43)/t25-,27-,34-/m0/s1. The number of nitrogens with one attached hydrogen (secondary N) is 2. The Morgan fingerprint density at radius 1 is 1.09 bits per heavy atom. The second-order valence-corrected chi connectivity index (χ2v) is 12.4. The Morgan fingerprint density at radius 3 is 2.43 bits per heavy atom. The highest BCUT2D eigenvalue weighted by atomic mass is 16.6. The number of methoxy groups -OCH3 is 1. The minimum Gasteiger partial charge on any atom is -0.496 e. The molecule has 13 heteroatoms. The van der Waals surface area contributed by atoms with Gasteiger partial charge in [0.15, 0.2) is 0 Å². The van der Waals surface area contributed by atoms with Crippen molar-refractivity contribution in [2.24, 2.45) is 5.73 Å². The molecule has 3 atom stereocenters. The van der Waals surface area contributed by atoms with Crippen LogP contribution in [0.15, 0.2) is 60.7 Å². The molecule has 1 aromatic heterocycles. The third kappa shape index (κ3) is 8.41. The number of para-hydroxylation sites is 1. The third-order valence-electron chi connectivity index (χ3n) is 7.71. The summed E-state index contributed by atoms with van der Waals surface area (Å²) in [4.78, 5) is 71.1. The van der Waals surface area contributed by atoms with E-state index < -0.39 is 59.4 Å². The van der Waals surface area contributed by atoms with Crippen LogP contribution in [-0.2, 0) is 30.3 Å². The van der Waals surface area contributed by atoms with E-state index >= 15 is 0 Å².